The van der Waals surface area contributed by atoms with Crippen molar-refractivity contribution >= 4 is 11.9 Å². The van der Waals surface area contributed by atoms with Gasteiger partial charge >= 0.3 is 5.97 Å². The summed E-state index contributed by atoms with van der Waals surface area (Å²) in [6, 6.07) is 14.7. The van der Waals surface area contributed by atoms with Crippen molar-refractivity contribution in [2.45, 2.75) is 38.6 Å². The van der Waals surface area contributed by atoms with E-state index in [0.29, 0.717) is 36.7 Å². The van der Waals surface area contributed by atoms with Gasteiger partial charge in [-0.15, -0.1) is 0 Å². The third kappa shape index (κ3) is 6.74. The first kappa shape index (κ1) is 22.1. The maximum absolute atomic E-state index is 13.0. The molecule has 31 heavy (non-hydrogen) atoms. The topological polar surface area (TPSA) is 94.3 Å². The smallest absolute Gasteiger partial charge is 0.308 e. The van der Waals surface area contributed by atoms with E-state index >= 15 is 0 Å². The molecule has 0 spiro atoms. The number of aromatic nitrogens is 2. The maximum Gasteiger partial charge on any atom is 0.308 e. The van der Waals surface area contributed by atoms with Gasteiger partial charge in [0, 0.05) is 18.4 Å². The second-order valence-electron chi connectivity index (χ2n) is 6.91. The van der Waals surface area contributed by atoms with Crippen molar-refractivity contribution < 1.29 is 23.2 Å². The van der Waals surface area contributed by atoms with E-state index in [0.717, 1.165) is 5.56 Å². The van der Waals surface area contributed by atoms with Gasteiger partial charge in [-0.05, 0) is 43.2 Å². The first-order valence-electron chi connectivity index (χ1n) is 10.1. The van der Waals surface area contributed by atoms with Crippen LogP contribution in [0.1, 0.15) is 43.7 Å². The van der Waals surface area contributed by atoms with Crippen LogP contribution in [0, 0.1) is 5.82 Å². The minimum atomic E-state index is -0.457. The van der Waals surface area contributed by atoms with Crippen molar-refractivity contribution in [1.29, 1.82) is 0 Å². The third-order valence-corrected chi connectivity index (χ3v) is 4.58. The summed E-state index contributed by atoms with van der Waals surface area (Å²) in [5.74, 6) is -0.112. The molecule has 1 unspecified atom stereocenters. The maximum atomic E-state index is 13.0. The third-order valence-electron chi connectivity index (χ3n) is 4.58. The summed E-state index contributed by atoms with van der Waals surface area (Å²) in [5.41, 5.74) is 1.49. The van der Waals surface area contributed by atoms with Gasteiger partial charge in [-0.2, -0.15) is 4.98 Å². The number of nitrogens with zero attached hydrogens (tertiary/aromatic N) is 2. The van der Waals surface area contributed by atoms with E-state index < -0.39 is 6.04 Å². The molecular formula is C23H24FN3O4. The second kappa shape index (κ2) is 11.0. The number of carbonyl (C=O) groups excluding carboxylic acids is 2. The Bertz CT molecular complexity index is 990. The van der Waals surface area contributed by atoms with Gasteiger partial charge in [-0.3, -0.25) is 9.59 Å². The molecule has 8 heteroatoms. The molecule has 3 rings (SSSR count). The molecule has 2 aromatic carbocycles. The molecule has 1 aromatic heterocycles. The Morgan fingerprint density at radius 1 is 1.13 bits per heavy atom. The zero-order valence-electron chi connectivity index (χ0n) is 17.2. The van der Waals surface area contributed by atoms with Crippen molar-refractivity contribution in [3.63, 3.8) is 0 Å². The van der Waals surface area contributed by atoms with Crippen molar-refractivity contribution in [3.8, 4) is 11.4 Å². The number of halogens is 1. The predicted octanol–water partition coefficient (Wildman–Crippen LogP) is 4.01. The molecule has 1 heterocycles. The molecular weight excluding hydrogens is 401 g/mol. The lowest BCUT2D eigenvalue weighted by atomic mass is 10.0. The van der Waals surface area contributed by atoms with Crippen LogP contribution in [0.4, 0.5) is 4.39 Å². The van der Waals surface area contributed by atoms with Crippen LogP contribution in [0.25, 0.3) is 11.4 Å². The molecule has 1 amide bonds. The van der Waals surface area contributed by atoms with Crippen LogP contribution in [0.3, 0.4) is 0 Å². The van der Waals surface area contributed by atoms with Gasteiger partial charge in [0.1, 0.15) is 5.82 Å². The number of carbonyl (C=O) groups is 2. The second-order valence-corrected chi connectivity index (χ2v) is 6.91. The molecule has 1 atom stereocenters. The number of aryl methyl sites for hydroxylation is 1. The number of amides is 1. The Morgan fingerprint density at radius 3 is 2.58 bits per heavy atom. The number of esters is 1. The molecule has 0 bridgehead atoms. The Hall–Kier alpha value is -3.55. The minimum Gasteiger partial charge on any atom is -0.466 e. The lowest BCUT2D eigenvalue weighted by Gasteiger charge is -2.18. The summed E-state index contributed by atoms with van der Waals surface area (Å²) >= 11 is 0. The molecule has 0 radical (unpaired) electrons. The molecule has 0 saturated carbocycles. The first-order valence-corrected chi connectivity index (χ1v) is 10.1. The first-order chi connectivity index (χ1) is 15.0. The van der Waals surface area contributed by atoms with Gasteiger partial charge in [0.05, 0.1) is 19.1 Å². The van der Waals surface area contributed by atoms with Crippen LogP contribution in [0.2, 0.25) is 0 Å². The lowest BCUT2D eigenvalue weighted by Crippen LogP contribution is -2.30. The van der Waals surface area contributed by atoms with Crippen molar-refractivity contribution in [3.05, 3.63) is 71.9 Å². The summed E-state index contributed by atoms with van der Waals surface area (Å²) in [4.78, 5) is 28.7. The Balaban J connectivity index is 1.52. The minimum absolute atomic E-state index is 0.0638. The fourth-order valence-corrected chi connectivity index (χ4v) is 3.06. The average Bonchev–Trinajstić information content (AvgIpc) is 3.23. The van der Waals surface area contributed by atoms with E-state index in [4.69, 9.17) is 9.26 Å². The van der Waals surface area contributed by atoms with Crippen LogP contribution in [-0.4, -0.2) is 28.6 Å². The standard InChI is InChI=1S/C23H24FN3O4/c1-2-30-22(29)15-19(16-7-4-3-5-8-16)25-20(28)9-6-10-21-26-23(27-31-21)17-11-13-18(24)14-12-17/h3-5,7-8,11-14,19H,2,6,9-10,15H2,1H3,(H,25,28). The van der Waals surface area contributed by atoms with Crippen LogP contribution < -0.4 is 5.32 Å². The van der Waals surface area contributed by atoms with Gasteiger partial charge in [-0.25, -0.2) is 4.39 Å². The monoisotopic (exact) mass is 425 g/mol. The number of benzene rings is 2. The average molecular weight is 425 g/mol. The summed E-state index contributed by atoms with van der Waals surface area (Å²) in [6.45, 7) is 2.03. The Morgan fingerprint density at radius 2 is 1.87 bits per heavy atom. The SMILES string of the molecule is CCOC(=O)CC(NC(=O)CCCc1nc(-c2ccc(F)cc2)no1)c1ccccc1. The largest absolute Gasteiger partial charge is 0.466 e. The summed E-state index contributed by atoms with van der Waals surface area (Å²) in [7, 11) is 0. The highest BCUT2D eigenvalue weighted by molar-refractivity contribution is 5.78. The van der Waals surface area contributed by atoms with Crippen LogP contribution in [0.15, 0.2) is 59.1 Å². The van der Waals surface area contributed by atoms with E-state index in [1.165, 1.54) is 12.1 Å². The molecule has 0 aliphatic carbocycles. The molecule has 0 aliphatic rings. The molecule has 1 N–H and O–H groups in total. The van der Waals surface area contributed by atoms with Gasteiger partial charge in [-0.1, -0.05) is 35.5 Å². The van der Waals surface area contributed by atoms with E-state index in [-0.39, 0.29) is 30.5 Å². The van der Waals surface area contributed by atoms with Gasteiger partial charge in [0.25, 0.3) is 0 Å². The van der Waals surface area contributed by atoms with Crippen molar-refractivity contribution in [1.82, 2.24) is 15.5 Å². The molecule has 162 valence electrons. The summed E-state index contributed by atoms with van der Waals surface area (Å²) in [5, 5.41) is 6.79. The summed E-state index contributed by atoms with van der Waals surface area (Å²) in [6.07, 6.45) is 1.22. The fraction of sp³-hybridized carbons (Fsp3) is 0.304. The fourth-order valence-electron chi connectivity index (χ4n) is 3.06. The molecule has 7 nitrogen and oxygen atoms in total. The molecule has 0 saturated heterocycles. The Labute approximate surface area is 179 Å². The van der Waals surface area contributed by atoms with Gasteiger partial charge in [0.2, 0.25) is 17.6 Å². The number of ether oxygens (including phenoxy) is 1. The predicted molar refractivity (Wildman–Crippen MR) is 111 cm³/mol. The van der Waals surface area contributed by atoms with E-state index in [1.54, 1.807) is 19.1 Å². The molecule has 3 aromatic rings. The van der Waals surface area contributed by atoms with Crippen molar-refractivity contribution in [2.75, 3.05) is 6.61 Å². The Kier molecular flexibility index (Phi) is 7.86. The number of rotatable bonds is 10. The van der Waals surface area contributed by atoms with Gasteiger partial charge in [0.15, 0.2) is 0 Å². The zero-order valence-corrected chi connectivity index (χ0v) is 17.2. The number of hydrogen-bond acceptors (Lipinski definition) is 6. The normalized spacial score (nSPS) is 11.7. The van der Waals surface area contributed by atoms with Crippen molar-refractivity contribution in [2.24, 2.45) is 0 Å². The van der Waals surface area contributed by atoms with Crippen LogP contribution in [0.5, 0.6) is 0 Å². The van der Waals surface area contributed by atoms with E-state index in [9.17, 15) is 14.0 Å². The number of nitrogens with one attached hydrogen (secondary N) is 1. The quantitative estimate of drug-likeness (QED) is 0.493. The zero-order chi connectivity index (χ0) is 22.1. The van der Waals surface area contributed by atoms with E-state index in [2.05, 4.69) is 15.5 Å². The van der Waals surface area contributed by atoms with Gasteiger partial charge < -0.3 is 14.6 Å². The number of hydrogen-bond donors (Lipinski definition) is 1. The highest BCUT2D eigenvalue weighted by Gasteiger charge is 2.19. The highest BCUT2D eigenvalue weighted by Crippen LogP contribution is 2.19. The summed E-state index contributed by atoms with van der Waals surface area (Å²) < 4.78 is 23.3. The molecule has 0 aliphatic heterocycles. The van der Waals surface area contributed by atoms with Crippen LogP contribution in [-0.2, 0) is 20.7 Å². The van der Waals surface area contributed by atoms with E-state index in [1.807, 2.05) is 30.3 Å². The lowest BCUT2D eigenvalue weighted by molar-refractivity contribution is -0.143. The molecule has 0 fully saturated rings. The highest BCUT2D eigenvalue weighted by atomic mass is 19.1. The van der Waals surface area contributed by atoms with Crippen LogP contribution >= 0.6 is 0 Å².